The Morgan fingerprint density at radius 1 is 1.36 bits per heavy atom. The first-order valence-corrected chi connectivity index (χ1v) is 7.89. The molecule has 0 radical (unpaired) electrons. The van der Waals surface area contributed by atoms with Crippen molar-refractivity contribution in [1.82, 2.24) is 14.9 Å². The summed E-state index contributed by atoms with van der Waals surface area (Å²) >= 11 is 6.15. The lowest BCUT2D eigenvalue weighted by Crippen LogP contribution is -2.36. The zero-order valence-electron chi connectivity index (χ0n) is 13.2. The van der Waals surface area contributed by atoms with Gasteiger partial charge in [0.2, 0.25) is 5.82 Å². The van der Waals surface area contributed by atoms with Crippen molar-refractivity contribution < 1.29 is 17.6 Å². The summed E-state index contributed by atoms with van der Waals surface area (Å²) in [7, 11) is 0. The lowest BCUT2D eigenvalue weighted by Gasteiger charge is -2.28. The van der Waals surface area contributed by atoms with Gasteiger partial charge < -0.3 is 4.98 Å². The molecule has 1 N–H and O–H groups in total. The maximum atomic E-state index is 14.0. The molecule has 2 heterocycles. The van der Waals surface area contributed by atoms with Crippen LogP contribution in [0.3, 0.4) is 0 Å². The first-order chi connectivity index (χ1) is 11.7. The summed E-state index contributed by atoms with van der Waals surface area (Å²) in [5.41, 5.74) is 0.510. The number of fused-ring (bicyclic) bond motifs is 1. The molecular weight excluding hydrogens is 362 g/mol. The second-order valence-electron chi connectivity index (χ2n) is 5.96. The van der Waals surface area contributed by atoms with E-state index in [9.17, 15) is 22.4 Å². The molecule has 1 aliphatic rings. The number of rotatable bonds is 2. The highest BCUT2D eigenvalue weighted by molar-refractivity contribution is 6.32. The Balaban J connectivity index is 1.88. The molecule has 1 aromatic heterocycles. The maximum Gasteiger partial charge on any atom is 0.449 e. The minimum absolute atomic E-state index is 0.0829. The Kier molecular flexibility index (Phi) is 4.59. The first-order valence-electron chi connectivity index (χ1n) is 7.52. The minimum atomic E-state index is -4.70. The number of nitrogens with zero attached hydrogens (tertiary/aromatic N) is 2. The van der Waals surface area contributed by atoms with Gasteiger partial charge in [0.05, 0.1) is 16.3 Å². The van der Waals surface area contributed by atoms with Crippen LogP contribution in [0.15, 0.2) is 16.9 Å². The van der Waals surface area contributed by atoms with Crippen LogP contribution >= 0.6 is 11.6 Å². The number of hydrogen-bond acceptors (Lipinski definition) is 3. The molecule has 0 amide bonds. The molecule has 9 heteroatoms. The molecule has 0 saturated carbocycles. The summed E-state index contributed by atoms with van der Waals surface area (Å²) in [6, 6.07) is 2.89. The Hall–Kier alpha value is -1.93. The minimum Gasteiger partial charge on any atom is -0.303 e. The van der Waals surface area contributed by atoms with Crippen LogP contribution in [0, 0.1) is 12.7 Å². The number of aryl methyl sites for hydroxylation is 1. The van der Waals surface area contributed by atoms with Crippen molar-refractivity contribution in [2.24, 2.45) is 0 Å². The van der Waals surface area contributed by atoms with E-state index in [1.807, 2.05) is 0 Å². The molecule has 0 saturated heterocycles. The summed E-state index contributed by atoms with van der Waals surface area (Å²) in [5.74, 6) is -1.75. The highest BCUT2D eigenvalue weighted by atomic mass is 35.5. The fourth-order valence-electron chi connectivity index (χ4n) is 2.83. The van der Waals surface area contributed by atoms with Gasteiger partial charge in [-0.3, -0.25) is 9.69 Å². The Labute approximate surface area is 145 Å². The Morgan fingerprint density at radius 3 is 2.76 bits per heavy atom. The number of benzene rings is 1. The largest absolute Gasteiger partial charge is 0.449 e. The van der Waals surface area contributed by atoms with E-state index in [0.29, 0.717) is 17.1 Å². The van der Waals surface area contributed by atoms with Crippen LogP contribution in [0.2, 0.25) is 5.02 Å². The molecule has 4 nitrogen and oxygen atoms in total. The molecule has 3 rings (SSSR count). The zero-order valence-corrected chi connectivity index (χ0v) is 13.9. The van der Waals surface area contributed by atoms with Gasteiger partial charge in [0.15, 0.2) is 0 Å². The lowest BCUT2D eigenvalue weighted by molar-refractivity contribution is -0.145. The Bertz CT molecular complexity index is 879. The van der Waals surface area contributed by atoms with Gasteiger partial charge in [-0.2, -0.15) is 13.2 Å². The average Bonchev–Trinajstić information content (AvgIpc) is 2.54. The van der Waals surface area contributed by atoms with E-state index >= 15 is 0 Å². The summed E-state index contributed by atoms with van der Waals surface area (Å²) in [6.45, 7) is 2.35. The molecule has 134 valence electrons. The molecule has 0 spiro atoms. The van der Waals surface area contributed by atoms with Crippen LogP contribution in [0.5, 0.6) is 0 Å². The van der Waals surface area contributed by atoms with E-state index in [-0.39, 0.29) is 30.8 Å². The second-order valence-corrected chi connectivity index (χ2v) is 6.33. The second kappa shape index (κ2) is 6.42. The standard InChI is InChI=1S/C16H14ClF4N3O/c1-8-2-3-11(18)9(13(8)17)6-24-5-4-12-10(7-24)14(25)23-15(22-12)16(19,20)21/h2-3H,4-7H2,1H3,(H,22,23,25). The van der Waals surface area contributed by atoms with Crippen molar-refractivity contribution in [3.63, 3.8) is 0 Å². The first kappa shape index (κ1) is 17.9. The number of alkyl halides is 3. The topological polar surface area (TPSA) is 49.0 Å². The molecule has 1 aromatic carbocycles. The number of nitrogens with one attached hydrogen (secondary N) is 1. The van der Waals surface area contributed by atoms with E-state index in [4.69, 9.17) is 11.6 Å². The van der Waals surface area contributed by atoms with E-state index < -0.39 is 23.4 Å². The fourth-order valence-corrected chi connectivity index (χ4v) is 3.05. The van der Waals surface area contributed by atoms with Crippen molar-refractivity contribution in [1.29, 1.82) is 0 Å². The smallest absolute Gasteiger partial charge is 0.303 e. The summed E-state index contributed by atoms with van der Waals surface area (Å²) in [4.78, 5) is 19.1. The fraction of sp³-hybridized carbons (Fsp3) is 0.375. The highest BCUT2D eigenvalue weighted by Gasteiger charge is 2.36. The van der Waals surface area contributed by atoms with E-state index in [1.165, 1.54) is 6.07 Å². The van der Waals surface area contributed by atoms with Crippen LogP contribution < -0.4 is 5.56 Å². The lowest BCUT2D eigenvalue weighted by atomic mass is 10.0. The van der Waals surface area contributed by atoms with Gasteiger partial charge in [-0.1, -0.05) is 17.7 Å². The van der Waals surface area contributed by atoms with E-state index in [0.717, 1.165) is 5.56 Å². The predicted molar refractivity (Wildman–Crippen MR) is 83.8 cm³/mol. The monoisotopic (exact) mass is 375 g/mol. The summed E-state index contributed by atoms with van der Waals surface area (Å²) in [6.07, 6.45) is -4.53. The van der Waals surface area contributed by atoms with Crippen molar-refractivity contribution >= 4 is 11.6 Å². The molecule has 25 heavy (non-hydrogen) atoms. The van der Waals surface area contributed by atoms with Gasteiger partial charge in [-0.05, 0) is 18.6 Å². The van der Waals surface area contributed by atoms with Crippen LogP contribution in [0.25, 0.3) is 0 Å². The zero-order chi connectivity index (χ0) is 18.4. The molecule has 0 unspecified atom stereocenters. The molecule has 0 bridgehead atoms. The summed E-state index contributed by atoms with van der Waals surface area (Å²) in [5, 5.41) is 0.310. The third kappa shape index (κ3) is 3.55. The van der Waals surface area contributed by atoms with E-state index in [1.54, 1.807) is 22.9 Å². The SMILES string of the molecule is Cc1ccc(F)c(CN2CCc3nc(C(F)(F)F)[nH]c(=O)c3C2)c1Cl. The van der Waals surface area contributed by atoms with Crippen molar-refractivity contribution in [2.75, 3.05) is 6.54 Å². The normalized spacial score (nSPS) is 15.3. The predicted octanol–water partition coefficient (Wildman–Crippen LogP) is 3.45. The molecule has 2 aromatic rings. The van der Waals surface area contributed by atoms with Gasteiger partial charge in [0, 0.05) is 31.6 Å². The average molecular weight is 376 g/mol. The summed E-state index contributed by atoms with van der Waals surface area (Å²) < 4.78 is 52.2. The van der Waals surface area contributed by atoms with Crippen molar-refractivity contribution in [3.8, 4) is 0 Å². The van der Waals surface area contributed by atoms with Gasteiger partial charge in [0.1, 0.15) is 5.82 Å². The number of aromatic nitrogens is 2. The van der Waals surface area contributed by atoms with Crippen LogP contribution in [-0.2, 0) is 25.7 Å². The number of halogens is 5. The van der Waals surface area contributed by atoms with Crippen molar-refractivity contribution in [2.45, 2.75) is 32.6 Å². The maximum absolute atomic E-state index is 14.0. The molecule has 1 aliphatic heterocycles. The molecule has 0 fully saturated rings. The van der Waals surface area contributed by atoms with Gasteiger partial charge in [0.25, 0.3) is 5.56 Å². The van der Waals surface area contributed by atoms with Gasteiger partial charge >= 0.3 is 6.18 Å². The number of hydrogen-bond donors (Lipinski definition) is 1. The van der Waals surface area contributed by atoms with Crippen LogP contribution in [0.4, 0.5) is 17.6 Å². The molecular formula is C16H14ClF4N3O. The van der Waals surface area contributed by atoms with Gasteiger partial charge in [-0.25, -0.2) is 9.37 Å². The molecule has 0 aliphatic carbocycles. The number of aromatic amines is 1. The Morgan fingerprint density at radius 2 is 2.08 bits per heavy atom. The van der Waals surface area contributed by atoms with Crippen LogP contribution in [-0.4, -0.2) is 21.4 Å². The van der Waals surface area contributed by atoms with Crippen LogP contribution in [0.1, 0.15) is 28.2 Å². The highest BCUT2D eigenvalue weighted by Crippen LogP contribution is 2.28. The van der Waals surface area contributed by atoms with Crippen molar-refractivity contribution in [3.05, 3.63) is 61.5 Å². The quantitative estimate of drug-likeness (QED) is 0.818. The molecule has 0 atom stereocenters. The third-order valence-corrected chi connectivity index (χ3v) is 4.70. The third-order valence-electron chi connectivity index (χ3n) is 4.18. The van der Waals surface area contributed by atoms with E-state index in [2.05, 4.69) is 4.98 Å². The van der Waals surface area contributed by atoms with Gasteiger partial charge in [-0.15, -0.1) is 0 Å². The number of H-pyrrole nitrogens is 1.